The maximum atomic E-state index is 11.8. The first-order chi connectivity index (χ1) is 6.66. The molecule has 0 aromatic carbocycles. The summed E-state index contributed by atoms with van der Waals surface area (Å²) in [7, 11) is 0. The van der Waals surface area contributed by atoms with Crippen LogP contribution in [0.25, 0.3) is 0 Å². The first-order valence-electron chi connectivity index (χ1n) is 5.70. The van der Waals surface area contributed by atoms with Crippen molar-refractivity contribution in [2.45, 2.75) is 45.2 Å². The van der Waals surface area contributed by atoms with E-state index in [1.54, 1.807) is 0 Å². The summed E-state index contributed by atoms with van der Waals surface area (Å²) in [6.07, 6.45) is 3.44. The lowest BCUT2D eigenvalue weighted by Gasteiger charge is -2.34. The molecule has 0 spiro atoms. The van der Waals surface area contributed by atoms with Crippen LogP contribution in [0.5, 0.6) is 0 Å². The van der Waals surface area contributed by atoms with E-state index >= 15 is 0 Å². The number of hydrogen-bond donors (Lipinski definition) is 2. The van der Waals surface area contributed by atoms with Crippen LogP contribution in [0.4, 0.5) is 0 Å². The monoisotopic (exact) mass is 196 g/mol. The average molecular weight is 196 g/mol. The van der Waals surface area contributed by atoms with Crippen LogP contribution < -0.4 is 10.6 Å². The largest absolute Gasteiger partial charge is 0.352 e. The smallest absolute Gasteiger partial charge is 0.237 e. The molecule has 1 aliphatic carbocycles. The first kappa shape index (κ1) is 9.97. The maximum Gasteiger partial charge on any atom is 0.237 e. The quantitative estimate of drug-likeness (QED) is 0.689. The van der Waals surface area contributed by atoms with Gasteiger partial charge in [0.2, 0.25) is 5.91 Å². The molecular formula is C11H20N2O. The predicted molar refractivity (Wildman–Crippen MR) is 55.9 cm³/mol. The fourth-order valence-corrected chi connectivity index (χ4v) is 2.50. The highest BCUT2D eigenvalue weighted by Crippen LogP contribution is 2.26. The summed E-state index contributed by atoms with van der Waals surface area (Å²) in [6.45, 7) is 5.37. The van der Waals surface area contributed by atoms with Crippen LogP contribution in [0.3, 0.4) is 0 Å². The molecule has 1 saturated carbocycles. The molecule has 2 N–H and O–H groups in total. The van der Waals surface area contributed by atoms with E-state index in [1.807, 2.05) is 0 Å². The molecule has 1 heterocycles. The van der Waals surface area contributed by atoms with Crippen molar-refractivity contribution in [1.29, 1.82) is 0 Å². The lowest BCUT2D eigenvalue weighted by molar-refractivity contribution is -0.125. The highest BCUT2D eigenvalue weighted by Gasteiger charge is 2.33. The molecule has 0 aromatic heterocycles. The lowest BCUT2D eigenvalue weighted by Crippen LogP contribution is -2.51. The molecule has 0 bridgehead atoms. The number of rotatable bonds is 2. The Kier molecular flexibility index (Phi) is 2.77. The minimum absolute atomic E-state index is 0.0610. The second-order valence-electron chi connectivity index (χ2n) is 4.98. The van der Waals surface area contributed by atoms with Gasteiger partial charge in [0.05, 0.1) is 6.04 Å². The number of hydrogen-bond acceptors (Lipinski definition) is 2. The fourth-order valence-electron chi connectivity index (χ4n) is 2.50. The highest BCUT2D eigenvalue weighted by molar-refractivity contribution is 5.82. The molecule has 3 heteroatoms. The molecule has 2 aliphatic rings. The predicted octanol–water partition coefficient (Wildman–Crippen LogP) is 0.899. The van der Waals surface area contributed by atoms with Crippen LogP contribution in [-0.4, -0.2) is 24.5 Å². The molecule has 1 aliphatic heterocycles. The number of carbonyl (C=O) groups is 1. The molecular weight excluding hydrogens is 176 g/mol. The SMILES string of the molecule is CC1CC(NC(=O)C2NCCC2C)C1. The molecule has 2 unspecified atom stereocenters. The van der Waals surface area contributed by atoms with E-state index in [0.717, 1.165) is 31.7 Å². The van der Waals surface area contributed by atoms with E-state index < -0.39 is 0 Å². The van der Waals surface area contributed by atoms with E-state index in [2.05, 4.69) is 24.5 Å². The number of nitrogens with one attached hydrogen (secondary N) is 2. The van der Waals surface area contributed by atoms with Crippen LogP contribution in [0.1, 0.15) is 33.1 Å². The summed E-state index contributed by atoms with van der Waals surface area (Å²) in [5.74, 6) is 1.51. The van der Waals surface area contributed by atoms with Crippen LogP contribution in [0, 0.1) is 11.8 Å². The summed E-state index contributed by atoms with van der Waals surface area (Å²) < 4.78 is 0. The maximum absolute atomic E-state index is 11.8. The Labute approximate surface area is 85.6 Å². The van der Waals surface area contributed by atoms with Crippen molar-refractivity contribution in [2.24, 2.45) is 11.8 Å². The Balaban J connectivity index is 1.78. The summed E-state index contributed by atoms with van der Waals surface area (Å²) in [5, 5.41) is 6.38. The third-order valence-corrected chi connectivity index (χ3v) is 3.54. The van der Waals surface area contributed by atoms with Crippen molar-refractivity contribution in [3.8, 4) is 0 Å². The summed E-state index contributed by atoms with van der Waals surface area (Å²) in [4.78, 5) is 11.8. The van der Waals surface area contributed by atoms with Crippen molar-refractivity contribution in [2.75, 3.05) is 6.54 Å². The van der Waals surface area contributed by atoms with Crippen LogP contribution >= 0.6 is 0 Å². The molecule has 2 atom stereocenters. The van der Waals surface area contributed by atoms with E-state index in [-0.39, 0.29) is 11.9 Å². The lowest BCUT2D eigenvalue weighted by atomic mass is 9.81. The first-order valence-corrected chi connectivity index (χ1v) is 5.70. The molecule has 1 amide bonds. The van der Waals surface area contributed by atoms with Gasteiger partial charge >= 0.3 is 0 Å². The zero-order chi connectivity index (χ0) is 10.1. The Morgan fingerprint density at radius 2 is 2.07 bits per heavy atom. The topological polar surface area (TPSA) is 41.1 Å². The van der Waals surface area contributed by atoms with Gasteiger partial charge in [-0.2, -0.15) is 0 Å². The Hall–Kier alpha value is -0.570. The average Bonchev–Trinajstić information content (AvgIpc) is 2.48. The van der Waals surface area contributed by atoms with Gasteiger partial charge in [-0.15, -0.1) is 0 Å². The number of carbonyl (C=O) groups excluding carboxylic acids is 1. The zero-order valence-electron chi connectivity index (χ0n) is 9.05. The van der Waals surface area contributed by atoms with Crippen LogP contribution in [-0.2, 0) is 4.79 Å². The van der Waals surface area contributed by atoms with Gasteiger partial charge in [0, 0.05) is 6.04 Å². The zero-order valence-corrected chi connectivity index (χ0v) is 9.05. The van der Waals surface area contributed by atoms with Gasteiger partial charge in [0.1, 0.15) is 0 Å². The van der Waals surface area contributed by atoms with E-state index in [1.165, 1.54) is 0 Å². The third kappa shape index (κ3) is 1.92. The van der Waals surface area contributed by atoms with Crippen molar-refractivity contribution < 1.29 is 4.79 Å². The van der Waals surface area contributed by atoms with Gasteiger partial charge in [-0.1, -0.05) is 13.8 Å². The van der Waals surface area contributed by atoms with Gasteiger partial charge < -0.3 is 10.6 Å². The summed E-state index contributed by atoms with van der Waals surface area (Å²) in [5.41, 5.74) is 0. The molecule has 14 heavy (non-hydrogen) atoms. The van der Waals surface area contributed by atoms with Gasteiger partial charge in [-0.3, -0.25) is 4.79 Å². The third-order valence-electron chi connectivity index (χ3n) is 3.54. The second kappa shape index (κ2) is 3.89. The van der Waals surface area contributed by atoms with Gasteiger partial charge in [0.25, 0.3) is 0 Å². The molecule has 80 valence electrons. The van der Waals surface area contributed by atoms with E-state index in [4.69, 9.17) is 0 Å². The fraction of sp³-hybridized carbons (Fsp3) is 0.909. The van der Waals surface area contributed by atoms with Crippen molar-refractivity contribution in [3.05, 3.63) is 0 Å². The minimum Gasteiger partial charge on any atom is -0.352 e. The Bertz CT molecular complexity index is 223. The Morgan fingerprint density at radius 3 is 2.57 bits per heavy atom. The number of amides is 1. The molecule has 2 fully saturated rings. The van der Waals surface area contributed by atoms with Crippen molar-refractivity contribution in [3.63, 3.8) is 0 Å². The highest BCUT2D eigenvalue weighted by atomic mass is 16.2. The standard InChI is InChI=1S/C11H20N2O/c1-7-5-9(6-7)13-11(14)10-8(2)3-4-12-10/h7-10,12H,3-6H2,1-2H3,(H,13,14). The molecule has 0 radical (unpaired) electrons. The molecule has 2 rings (SSSR count). The van der Waals surface area contributed by atoms with Gasteiger partial charge in [-0.25, -0.2) is 0 Å². The van der Waals surface area contributed by atoms with Crippen LogP contribution in [0.15, 0.2) is 0 Å². The van der Waals surface area contributed by atoms with Gasteiger partial charge in [-0.05, 0) is 37.6 Å². The summed E-state index contributed by atoms with van der Waals surface area (Å²) in [6, 6.07) is 0.512. The molecule has 3 nitrogen and oxygen atoms in total. The van der Waals surface area contributed by atoms with E-state index in [0.29, 0.717) is 12.0 Å². The molecule has 1 saturated heterocycles. The van der Waals surface area contributed by atoms with Gasteiger partial charge in [0.15, 0.2) is 0 Å². The van der Waals surface area contributed by atoms with E-state index in [9.17, 15) is 4.79 Å². The molecule has 0 aromatic rings. The Morgan fingerprint density at radius 1 is 1.36 bits per heavy atom. The second-order valence-corrected chi connectivity index (χ2v) is 4.98. The summed E-state index contributed by atoms with van der Waals surface area (Å²) >= 11 is 0. The normalized spacial score (nSPS) is 41.9. The van der Waals surface area contributed by atoms with Crippen molar-refractivity contribution >= 4 is 5.91 Å². The minimum atomic E-state index is 0.0610. The van der Waals surface area contributed by atoms with Crippen LogP contribution in [0.2, 0.25) is 0 Å². The van der Waals surface area contributed by atoms with Crippen molar-refractivity contribution in [1.82, 2.24) is 10.6 Å².